The highest BCUT2D eigenvalue weighted by atomic mass is 32.2. The molecule has 0 aliphatic heterocycles. The Kier molecular flexibility index (Phi) is 6.87. The first-order chi connectivity index (χ1) is 10.2. The molecule has 0 heterocycles. The van der Waals surface area contributed by atoms with Crippen molar-refractivity contribution >= 4 is 23.0 Å². The lowest BCUT2D eigenvalue weighted by atomic mass is 10.1. The zero-order valence-corrected chi connectivity index (χ0v) is 14.1. The quantitative estimate of drug-likeness (QED) is 0.899. The fourth-order valence-electron chi connectivity index (χ4n) is 1.77. The zero-order chi connectivity index (χ0) is 16.8. The normalized spacial score (nSPS) is 12.6. The number of alkyl carbamates (subject to hydrolysis) is 1. The van der Waals surface area contributed by atoms with Gasteiger partial charge in [0.1, 0.15) is 11.4 Å². The molecule has 1 N–H and O–H groups in total. The summed E-state index contributed by atoms with van der Waals surface area (Å²) in [5, 5.41) is 2.65. The summed E-state index contributed by atoms with van der Waals surface area (Å²) in [7, 11) is 0. The third-order valence-corrected chi connectivity index (χ3v) is 3.61. The van der Waals surface area contributed by atoms with Crippen molar-refractivity contribution in [2.24, 2.45) is 0 Å². The van der Waals surface area contributed by atoms with Gasteiger partial charge < -0.3 is 10.1 Å². The lowest BCUT2D eigenvalue weighted by Crippen LogP contribution is -2.41. The van der Waals surface area contributed by atoms with Gasteiger partial charge in [-0.1, -0.05) is 30.0 Å². The predicted molar refractivity (Wildman–Crippen MR) is 86.4 cm³/mol. The van der Waals surface area contributed by atoms with Gasteiger partial charge in [0.15, 0.2) is 5.12 Å². The number of halogens is 1. The lowest BCUT2D eigenvalue weighted by Gasteiger charge is -2.23. The highest BCUT2D eigenvalue weighted by Crippen LogP contribution is 2.14. The van der Waals surface area contributed by atoms with E-state index in [0.717, 1.165) is 11.8 Å². The number of hydrogen-bond acceptors (Lipinski definition) is 4. The van der Waals surface area contributed by atoms with E-state index in [9.17, 15) is 14.0 Å². The average Bonchev–Trinajstić information content (AvgIpc) is 2.36. The third kappa shape index (κ3) is 7.45. The second-order valence-corrected chi connectivity index (χ2v) is 7.14. The average molecular weight is 327 g/mol. The molecule has 0 fully saturated rings. The van der Waals surface area contributed by atoms with Gasteiger partial charge in [-0.15, -0.1) is 0 Å². The molecule has 6 heteroatoms. The van der Waals surface area contributed by atoms with Crippen molar-refractivity contribution < 1.29 is 18.7 Å². The van der Waals surface area contributed by atoms with E-state index < -0.39 is 11.7 Å². The van der Waals surface area contributed by atoms with Crippen LogP contribution in [0.4, 0.5) is 9.18 Å². The molecule has 0 aliphatic carbocycles. The molecule has 0 saturated heterocycles. The van der Waals surface area contributed by atoms with Gasteiger partial charge >= 0.3 is 6.09 Å². The van der Waals surface area contributed by atoms with Crippen LogP contribution in [0.3, 0.4) is 0 Å². The number of ether oxygens (including phenoxy) is 1. The smallest absolute Gasteiger partial charge is 0.407 e. The van der Waals surface area contributed by atoms with Crippen LogP contribution in [-0.2, 0) is 16.0 Å². The summed E-state index contributed by atoms with van der Waals surface area (Å²) in [6.45, 7) is 6.76. The maximum absolute atomic E-state index is 13.7. The van der Waals surface area contributed by atoms with Gasteiger partial charge in [-0.2, -0.15) is 0 Å². The van der Waals surface area contributed by atoms with Crippen LogP contribution in [0.25, 0.3) is 0 Å². The summed E-state index contributed by atoms with van der Waals surface area (Å²) in [6.07, 6.45) is -0.273. The van der Waals surface area contributed by atoms with E-state index in [1.54, 1.807) is 39.0 Å². The Bertz CT molecular complexity index is 528. The molecular weight excluding hydrogens is 305 g/mol. The Hall–Kier alpha value is -1.56. The van der Waals surface area contributed by atoms with E-state index in [2.05, 4.69) is 5.32 Å². The van der Waals surface area contributed by atoms with E-state index in [0.29, 0.717) is 17.7 Å². The van der Waals surface area contributed by atoms with Gasteiger partial charge in [0.05, 0.1) is 0 Å². The van der Waals surface area contributed by atoms with Crippen molar-refractivity contribution in [1.82, 2.24) is 5.32 Å². The van der Waals surface area contributed by atoms with Gasteiger partial charge in [-0.25, -0.2) is 9.18 Å². The van der Waals surface area contributed by atoms with Gasteiger partial charge in [0.2, 0.25) is 0 Å². The minimum atomic E-state index is -0.611. The van der Waals surface area contributed by atoms with E-state index in [4.69, 9.17) is 4.74 Å². The van der Waals surface area contributed by atoms with Crippen LogP contribution in [-0.4, -0.2) is 28.6 Å². The summed E-state index contributed by atoms with van der Waals surface area (Å²) in [5.41, 5.74) is -0.118. The van der Waals surface area contributed by atoms with Crippen molar-refractivity contribution in [3.8, 4) is 0 Å². The molecule has 0 aliphatic rings. The highest BCUT2D eigenvalue weighted by molar-refractivity contribution is 8.13. The van der Waals surface area contributed by atoms with Gasteiger partial charge in [0.25, 0.3) is 0 Å². The predicted octanol–water partition coefficient (Wildman–Crippen LogP) is 3.54. The van der Waals surface area contributed by atoms with Crippen LogP contribution >= 0.6 is 11.8 Å². The molecule has 4 nitrogen and oxygen atoms in total. The molecule has 22 heavy (non-hydrogen) atoms. The van der Waals surface area contributed by atoms with E-state index in [1.807, 2.05) is 0 Å². The van der Waals surface area contributed by atoms with Crippen LogP contribution in [0.1, 0.15) is 33.3 Å². The molecule has 1 rings (SSSR count). The minimum absolute atomic E-state index is 0.0514. The van der Waals surface area contributed by atoms with Crippen molar-refractivity contribution in [1.29, 1.82) is 0 Å². The van der Waals surface area contributed by atoms with Gasteiger partial charge in [-0.05, 0) is 38.8 Å². The number of thioether (sulfide) groups is 1. The van der Waals surface area contributed by atoms with E-state index in [-0.39, 0.29) is 17.0 Å². The second-order valence-electron chi connectivity index (χ2n) is 5.94. The maximum atomic E-state index is 13.7. The molecule has 122 valence electrons. The summed E-state index contributed by atoms with van der Waals surface area (Å²) < 4.78 is 18.9. The fraction of sp³-hybridized carbons (Fsp3) is 0.500. The molecular formula is C16H22FNO3S. The van der Waals surface area contributed by atoms with Crippen molar-refractivity contribution in [3.05, 3.63) is 35.6 Å². The molecule has 0 bridgehead atoms. The Morgan fingerprint density at radius 1 is 1.32 bits per heavy atom. The minimum Gasteiger partial charge on any atom is -0.444 e. The van der Waals surface area contributed by atoms with Crippen LogP contribution in [0, 0.1) is 5.82 Å². The standard InChI is InChI=1S/C16H22FNO3S/c1-11(19)22-10-13(18-15(20)21-16(2,3)4)9-12-7-5-6-8-14(12)17/h5-8,13H,9-10H2,1-4H3,(H,18,20)/t13-/m1/s1. The third-order valence-electron chi connectivity index (χ3n) is 2.63. The Balaban J connectivity index is 2.73. The Morgan fingerprint density at radius 3 is 2.50 bits per heavy atom. The number of benzene rings is 1. The summed E-state index contributed by atoms with van der Waals surface area (Å²) in [4.78, 5) is 23.0. The molecule has 0 aromatic heterocycles. The molecule has 0 unspecified atom stereocenters. The first-order valence-electron chi connectivity index (χ1n) is 7.03. The number of carbonyl (C=O) groups is 2. The van der Waals surface area contributed by atoms with Crippen LogP contribution in [0.2, 0.25) is 0 Å². The van der Waals surface area contributed by atoms with Crippen LogP contribution in [0.15, 0.2) is 24.3 Å². The second kappa shape index (κ2) is 8.17. The lowest BCUT2D eigenvalue weighted by molar-refractivity contribution is -0.109. The van der Waals surface area contributed by atoms with Crippen LogP contribution < -0.4 is 5.32 Å². The molecule has 0 spiro atoms. The molecule has 0 saturated carbocycles. The van der Waals surface area contributed by atoms with Crippen molar-refractivity contribution in [2.75, 3.05) is 5.75 Å². The topological polar surface area (TPSA) is 55.4 Å². The molecule has 0 radical (unpaired) electrons. The molecule has 1 aromatic rings. The maximum Gasteiger partial charge on any atom is 0.407 e. The monoisotopic (exact) mass is 327 g/mol. The van der Waals surface area contributed by atoms with Gasteiger partial charge in [0, 0.05) is 18.7 Å². The summed E-state index contributed by atoms with van der Waals surface area (Å²) >= 11 is 1.09. The fourth-order valence-corrected chi connectivity index (χ4v) is 2.41. The SMILES string of the molecule is CC(=O)SC[C@@H](Cc1ccccc1F)NC(=O)OC(C)(C)C. The number of hydrogen-bond donors (Lipinski definition) is 1. The largest absolute Gasteiger partial charge is 0.444 e. The Morgan fingerprint density at radius 2 is 1.95 bits per heavy atom. The van der Waals surface area contributed by atoms with Crippen molar-refractivity contribution in [3.63, 3.8) is 0 Å². The number of amides is 1. The van der Waals surface area contributed by atoms with Crippen molar-refractivity contribution in [2.45, 2.75) is 45.8 Å². The summed E-state index contributed by atoms with van der Waals surface area (Å²) in [5.74, 6) is 0.0365. The molecule has 1 aromatic carbocycles. The summed E-state index contributed by atoms with van der Waals surface area (Å²) in [6, 6.07) is 6.00. The van der Waals surface area contributed by atoms with Crippen LogP contribution in [0.5, 0.6) is 0 Å². The zero-order valence-electron chi connectivity index (χ0n) is 13.3. The molecule has 1 atom stereocenters. The number of nitrogens with one attached hydrogen (secondary N) is 1. The highest BCUT2D eigenvalue weighted by Gasteiger charge is 2.21. The Labute approximate surface area is 134 Å². The van der Waals surface area contributed by atoms with Gasteiger partial charge in [-0.3, -0.25) is 4.79 Å². The van der Waals surface area contributed by atoms with E-state index >= 15 is 0 Å². The molecule has 1 amide bonds. The number of carbonyl (C=O) groups excluding carboxylic acids is 2. The first-order valence-corrected chi connectivity index (χ1v) is 8.02. The van der Waals surface area contributed by atoms with E-state index in [1.165, 1.54) is 13.0 Å². The number of rotatable bonds is 5. The first kappa shape index (κ1) is 18.5.